The number of hydrogen-bond acceptors (Lipinski definition) is 7. The van der Waals surface area contributed by atoms with Gasteiger partial charge in [0.15, 0.2) is 0 Å². The largest absolute Gasteiger partial charge is 0.497 e. The van der Waals surface area contributed by atoms with Crippen molar-refractivity contribution < 1.29 is 23.9 Å². The number of pyridine rings is 2. The predicted octanol–water partition coefficient (Wildman–Crippen LogP) is 7.66. The van der Waals surface area contributed by atoms with Gasteiger partial charge in [0, 0.05) is 59.2 Å². The molecule has 3 N–H and O–H groups in total. The monoisotopic (exact) mass is 675 g/mol. The van der Waals surface area contributed by atoms with Crippen LogP contribution in [0.4, 0.5) is 11.4 Å². The van der Waals surface area contributed by atoms with Gasteiger partial charge in [-0.3, -0.25) is 19.6 Å². The van der Waals surface area contributed by atoms with Crippen molar-refractivity contribution in [2.45, 2.75) is 13.3 Å². The second-order valence-electron chi connectivity index (χ2n) is 11.7. The topological polar surface area (TPSA) is 135 Å². The Kier molecular flexibility index (Phi) is 9.21. The smallest absolute Gasteiger partial charge is 0.340 e. The van der Waals surface area contributed by atoms with Crippen LogP contribution in [0.1, 0.15) is 34.1 Å². The molecule has 0 unspecified atom stereocenters. The van der Waals surface area contributed by atoms with Crippen LogP contribution in [0.2, 0.25) is 0 Å². The molecule has 252 valence electrons. The summed E-state index contributed by atoms with van der Waals surface area (Å²) >= 11 is 0. The van der Waals surface area contributed by atoms with Crippen molar-refractivity contribution >= 4 is 40.8 Å². The van der Waals surface area contributed by atoms with Crippen LogP contribution in [0, 0.1) is 0 Å². The highest BCUT2D eigenvalue weighted by Gasteiger charge is 2.29. The third-order valence-corrected chi connectivity index (χ3v) is 8.67. The van der Waals surface area contributed by atoms with Crippen LogP contribution in [0.5, 0.6) is 5.75 Å². The lowest BCUT2D eigenvalue weighted by Gasteiger charge is -2.10. The van der Waals surface area contributed by atoms with Gasteiger partial charge in [-0.2, -0.15) is 0 Å². The zero-order chi connectivity index (χ0) is 35.3. The number of fused-ring (bicyclic) bond motifs is 2. The molecule has 0 bridgehead atoms. The second-order valence-corrected chi connectivity index (χ2v) is 11.7. The predicted molar refractivity (Wildman–Crippen MR) is 197 cm³/mol. The van der Waals surface area contributed by atoms with E-state index in [2.05, 4.69) is 25.6 Å². The minimum Gasteiger partial charge on any atom is -0.497 e. The van der Waals surface area contributed by atoms with Gasteiger partial charge in [-0.05, 0) is 94.9 Å². The number of esters is 1. The Morgan fingerprint density at radius 2 is 1.41 bits per heavy atom. The SMILES string of the molecule is CCOC(=O)c1c[nH]c(C=C2C(=O)Nc3cccc(-c4ccncc4)c32)c1-c1ccc(OC)cc1.O=C1Cc2c(cccc2-c2ccncc2)N1. The van der Waals surface area contributed by atoms with Crippen LogP contribution < -0.4 is 15.4 Å². The number of amides is 2. The Hall–Kier alpha value is -6.81. The number of carbonyl (C=O) groups excluding carboxylic acids is 3. The van der Waals surface area contributed by atoms with Crippen LogP contribution >= 0.6 is 0 Å². The summed E-state index contributed by atoms with van der Waals surface area (Å²) in [7, 11) is 1.60. The molecule has 2 aliphatic heterocycles. The number of aromatic amines is 1. The summed E-state index contributed by atoms with van der Waals surface area (Å²) < 4.78 is 10.6. The third kappa shape index (κ3) is 6.62. The Morgan fingerprint density at radius 1 is 0.765 bits per heavy atom. The number of rotatable bonds is 7. The summed E-state index contributed by atoms with van der Waals surface area (Å²) in [5.41, 5.74) is 10.6. The molecule has 3 aromatic carbocycles. The van der Waals surface area contributed by atoms with E-state index >= 15 is 0 Å². The maximum Gasteiger partial charge on any atom is 0.340 e. The number of anilines is 2. The molecular formula is C41H33N5O5. The molecule has 0 saturated heterocycles. The van der Waals surface area contributed by atoms with Crippen LogP contribution in [0.15, 0.2) is 116 Å². The van der Waals surface area contributed by atoms with E-state index in [1.54, 1.807) is 51.1 Å². The molecule has 3 aromatic heterocycles. The molecule has 10 nitrogen and oxygen atoms in total. The number of benzene rings is 3. The standard InChI is InChI=1S/C28H23N3O4.C13H10N2O/c1-3-35-28(33)22-16-30-24(25(22)18-7-9-19(34-2)10-8-18)15-21-26-20(17-11-13-29-14-12-17)5-4-6-23(26)31-27(21)32;16-13-8-11-10(2-1-3-12(11)15-13)9-4-6-14-7-5-9/h4-16,30H,3H2,1-2H3,(H,31,32);1-7H,8H2,(H,15,16). The highest BCUT2D eigenvalue weighted by atomic mass is 16.5. The average Bonchev–Trinajstić information content (AvgIpc) is 3.86. The normalized spacial score (nSPS) is 13.4. The van der Waals surface area contributed by atoms with Crippen molar-refractivity contribution in [1.29, 1.82) is 0 Å². The van der Waals surface area contributed by atoms with Crippen molar-refractivity contribution in [1.82, 2.24) is 15.0 Å². The minimum atomic E-state index is -0.437. The zero-order valence-corrected chi connectivity index (χ0v) is 27.9. The van der Waals surface area contributed by atoms with Gasteiger partial charge in [-0.1, -0.05) is 36.4 Å². The third-order valence-electron chi connectivity index (χ3n) is 8.67. The van der Waals surface area contributed by atoms with Crippen molar-refractivity contribution in [3.63, 3.8) is 0 Å². The van der Waals surface area contributed by atoms with Crippen molar-refractivity contribution in [3.8, 4) is 39.1 Å². The van der Waals surface area contributed by atoms with E-state index in [1.807, 2.05) is 84.9 Å². The van der Waals surface area contributed by atoms with Crippen molar-refractivity contribution in [2.24, 2.45) is 0 Å². The van der Waals surface area contributed by atoms with Crippen molar-refractivity contribution in [2.75, 3.05) is 24.4 Å². The van der Waals surface area contributed by atoms with E-state index in [1.165, 1.54) is 0 Å². The molecule has 6 aromatic rings. The molecule has 2 aliphatic rings. The van der Waals surface area contributed by atoms with E-state index in [0.29, 0.717) is 34.6 Å². The van der Waals surface area contributed by atoms with E-state index in [-0.39, 0.29) is 18.4 Å². The number of hydrogen-bond donors (Lipinski definition) is 3. The molecule has 0 radical (unpaired) electrons. The second kappa shape index (κ2) is 14.4. The summed E-state index contributed by atoms with van der Waals surface area (Å²) in [5, 5.41) is 5.81. The molecule has 8 rings (SSSR count). The first-order chi connectivity index (χ1) is 24.9. The lowest BCUT2D eigenvalue weighted by atomic mass is 9.93. The summed E-state index contributed by atoms with van der Waals surface area (Å²) in [4.78, 5) is 48.5. The summed E-state index contributed by atoms with van der Waals surface area (Å²) in [6, 6.07) is 26.8. The van der Waals surface area contributed by atoms with Gasteiger partial charge >= 0.3 is 5.97 Å². The first-order valence-corrected chi connectivity index (χ1v) is 16.4. The number of methoxy groups -OCH3 is 1. The molecule has 0 atom stereocenters. The Labute approximate surface area is 294 Å². The van der Waals surface area contributed by atoms with Gasteiger partial charge in [0.2, 0.25) is 5.91 Å². The van der Waals surface area contributed by atoms with E-state index in [4.69, 9.17) is 9.47 Å². The van der Waals surface area contributed by atoms with Crippen LogP contribution in [-0.4, -0.2) is 46.5 Å². The maximum absolute atomic E-state index is 13.1. The minimum absolute atomic E-state index is 0.0662. The summed E-state index contributed by atoms with van der Waals surface area (Å²) in [5.74, 6) is 0.118. The molecule has 2 amide bonds. The molecule has 0 spiro atoms. The average molecular weight is 676 g/mol. The van der Waals surface area contributed by atoms with E-state index in [9.17, 15) is 14.4 Å². The zero-order valence-electron chi connectivity index (χ0n) is 27.9. The van der Waals surface area contributed by atoms with Gasteiger partial charge in [0.25, 0.3) is 5.91 Å². The number of ether oxygens (including phenoxy) is 2. The van der Waals surface area contributed by atoms with Gasteiger partial charge in [-0.15, -0.1) is 0 Å². The lowest BCUT2D eigenvalue weighted by molar-refractivity contribution is -0.115. The van der Waals surface area contributed by atoms with Gasteiger partial charge in [0.1, 0.15) is 5.75 Å². The number of nitrogens with zero attached hydrogens (tertiary/aromatic N) is 2. The Morgan fingerprint density at radius 3 is 2.08 bits per heavy atom. The fourth-order valence-electron chi connectivity index (χ4n) is 6.35. The quantitative estimate of drug-likeness (QED) is 0.117. The van der Waals surface area contributed by atoms with Crippen LogP contribution in [-0.2, 0) is 20.7 Å². The number of nitrogens with one attached hydrogen (secondary N) is 3. The first-order valence-electron chi connectivity index (χ1n) is 16.4. The number of aromatic nitrogens is 3. The van der Waals surface area contributed by atoms with E-state index < -0.39 is 5.97 Å². The first kappa shape index (κ1) is 32.7. The lowest BCUT2D eigenvalue weighted by Crippen LogP contribution is -2.05. The fraction of sp³-hybridized carbons (Fsp3) is 0.0976. The van der Waals surface area contributed by atoms with E-state index in [0.717, 1.165) is 50.3 Å². The summed E-state index contributed by atoms with van der Waals surface area (Å²) in [6.07, 6.45) is 10.8. The highest BCUT2D eigenvalue weighted by Crippen LogP contribution is 2.41. The molecule has 0 aliphatic carbocycles. The van der Waals surface area contributed by atoms with Crippen molar-refractivity contribution in [3.05, 3.63) is 138 Å². The molecular weight excluding hydrogens is 642 g/mol. The fourth-order valence-corrected chi connectivity index (χ4v) is 6.35. The molecule has 0 saturated carbocycles. The highest BCUT2D eigenvalue weighted by molar-refractivity contribution is 6.36. The van der Waals surface area contributed by atoms with Gasteiger partial charge in [-0.25, -0.2) is 4.79 Å². The van der Waals surface area contributed by atoms with Crippen LogP contribution in [0.25, 0.3) is 45.0 Å². The molecule has 0 fully saturated rings. The van der Waals surface area contributed by atoms with Gasteiger partial charge < -0.3 is 25.1 Å². The summed E-state index contributed by atoms with van der Waals surface area (Å²) in [6.45, 7) is 2.02. The Balaban J connectivity index is 0.000000210. The number of H-pyrrole nitrogens is 1. The molecule has 5 heterocycles. The number of carbonyl (C=O) groups is 3. The molecule has 10 heteroatoms. The maximum atomic E-state index is 13.1. The Bertz CT molecular complexity index is 2280. The van der Waals surface area contributed by atoms with Gasteiger partial charge in [0.05, 0.1) is 31.3 Å². The molecule has 51 heavy (non-hydrogen) atoms. The van der Waals surface area contributed by atoms with Crippen LogP contribution in [0.3, 0.4) is 0 Å².